The molecule has 0 radical (unpaired) electrons. The van der Waals surface area contributed by atoms with E-state index in [0.29, 0.717) is 5.75 Å². The summed E-state index contributed by atoms with van der Waals surface area (Å²) in [4.78, 5) is 16.3. The van der Waals surface area contributed by atoms with E-state index in [2.05, 4.69) is 12.1 Å². The van der Waals surface area contributed by atoms with Crippen molar-refractivity contribution in [1.82, 2.24) is 5.01 Å². The van der Waals surface area contributed by atoms with E-state index in [1.54, 1.807) is 34.8 Å². The number of ether oxygens (including phenoxy) is 1. The molecule has 0 spiro atoms. The Bertz CT molecular complexity index is 919. The molecule has 1 aromatic carbocycles. The number of rotatable bonds is 6. The highest BCUT2D eigenvalue weighted by molar-refractivity contribution is 8.00. The van der Waals surface area contributed by atoms with Crippen LogP contribution in [0.5, 0.6) is 5.75 Å². The molecule has 2 aromatic heterocycles. The number of methoxy groups -OCH3 is 1. The zero-order chi connectivity index (χ0) is 18.6. The van der Waals surface area contributed by atoms with Gasteiger partial charge in [-0.3, -0.25) is 4.79 Å². The number of carbonyl (C=O) groups is 1. The van der Waals surface area contributed by atoms with Gasteiger partial charge in [-0.05, 0) is 47.2 Å². The van der Waals surface area contributed by atoms with Crippen molar-refractivity contribution in [2.45, 2.75) is 17.4 Å². The van der Waals surface area contributed by atoms with Gasteiger partial charge in [0.25, 0.3) is 5.91 Å². The van der Waals surface area contributed by atoms with Gasteiger partial charge in [0.1, 0.15) is 5.75 Å². The summed E-state index contributed by atoms with van der Waals surface area (Å²) in [5.41, 5.74) is 0.992. The van der Waals surface area contributed by atoms with Crippen molar-refractivity contribution in [3.8, 4) is 5.75 Å². The molecule has 1 atom stereocenters. The van der Waals surface area contributed by atoms with Gasteiger partial charge in [0.2, 0.25) is 0 Å². The molecular formula is C20H18N2O2S3. The Morgan fingerprint density at radius 2 is 1.96 bits per heavy atom. The maximum Gasteiger partial charge on any atom is 0.253 e. The Kier molecular flexibility index (Phi) is 5.61. The number of carbonyl (C=O) groups excluding carboxylic acids is 1. The van der Waals surface area contributed by atoms with E-state index in [9.17, 15) is 4.79 Å². The smallest absolute Gasteiger partial charge is 0.253 e. The zero-order valence-corrected chi connectivity index (χ0v) is 17.2. The molecule has 4 rings (SSSR count). The van der Waals surface area contributed by atoms with Gasteiger partial charge in [-0.2, -0.15) is 5.10 Å². The van der Waals surface area contributed by atoms with E-state index in [1.165, 1.54) is 16.6 Å². The van der Waals surface area contributed by atoms with E-state index < -0.39 is 0 Å². The second kappa shape index (κ2) is 8.29. The summed E-state index contributed by atoms with van der Waals surface area (Å²) in [7, 11) is 1.65. The lowest BCUT2D eigenvalue weighted by Gasteiger charge is -2.20. The number of hydrogen-bond acceptors (Lipinski definition) is 6. The van der Waals surface area contributed by atoms with Crippen molar-refractivity contribution in [1.29, 1.82) is 0 Å². The maximum absolute atomic E-state index is 12.9. The van der Waals surface area contributed by atoms with E-state index in [1.807, 2.05) is 47.2 Å². The van der Waals surface area contributed by atoms with Gasteiger partial charge in [-0.15, -0.1) is 34.4 Å². The number of benzene rings is 1. The van der Waals surface area contributed by atoms with Crippen molar-refractivity contribution in [2.75, 3.05) is 12.9 Å². The van der Waals surface area contributed by atoms with Crippen LogP contribution in [0.4, 0.5) is 0 Å². The highest BCUT2D eigenvalue weighted by Gasteiger charge is 2.33. The first-order chi connectivity index (χ1) is 13.2. The minimum absolute atomic E-state index is 0.00827. The first kappa shape index (κ1) is 18.3. The summed E-state index contributed by atoms with van der Waals surface area (Å²) in [5.74, 6) is 1.20. The topological polar surface area (TPSA) is 41.9 Å². The van der Waals surface area contributed by atoms with Crippen LogP contribution in [0.1, 0.15) is 22.2 Å². The van der Waals surface area contributed by atoms with Crippen LogP contribution in [-0.4, -0.2) is 29.5 Å². The molecule has 27 heavy (non-hydrogen) atoms. The SMILES string of the molecule is COc1ccc(SCC(=O)N2N=C(c3cccs3)C[C@@H]2c2cccs2)cc1. The van der Waals surface area contributed by atoms with Crippen LogP contribution in [0.25, 0.3) is 0 Å². The first-order valence-electron chi connectivity index (χ1n) is 8.48. The molecule has 0 aliphatic carbocycles. The second-order valence-corrected chi connectivity index (χ2v) is 8.94. The number of nitrogens with zero attached hydrogens (tertiary/aromatic N) is 2. The van der Waals surface area contributed by atoms with Crippen LogP contribution in [0.15, 0.2) is 69.3 Å². The minimum Gasteiger partial charge on any atom is -0.497 e. The number of hydrazone groups is 1. The van der Waals surface area contributed by atoms with E-state index in [-0.39, 0.29) is 11.9 Å². The molecule has 1 aliphatic rings. The van der Waals surface area contributed by atoms with Crippen LogP contribution in [-0.2, 0) is 4.79 Å². The monoisotopic (exact) mass is 414 g/mol. The number of thiophene rings is 2. The first-order valence-corrected chi connectivity index (χ1v) is 11.2. The van der Waals surface area contributed by atoms with Crippen LogP contribution >= 0.6 is 34.4 Å². The summed E-state index contributed by atoms with van der Waals surface area (Å²) >= 11 is 4.86. The molecule has 0 fully saturated rings. The third-order valence-corrected chi connectivity index (χ3v) is 7.15. The second-order valence-electron chi connectivity index (χ2n) is 5.96. The lowest BCUT2D eigenvalue weighted by Crippen LogP contribution is -2.28. The van der Waals surface area contributed by atoms with E-state index in [0.717, 1.165) is 27.7 Å². The lowest BCUT2D eigenvalue weighted by atomic mass is 10.1. The van der Waals surface area contributed by atoms with Gasteiger partial charge in [0, 0.05) is 16.2 Å². The number of amides is 1. The molecule has 0 saturated carbocycles. The molecular weight excluding hydrogens is 396 g/mol. The Labute approximate surface area is 170 Å². The van der Waals surface area contributed by atoms with Crippen molar-refractivity contribution in [3.63, 3.8) is 0 Å². The third kappa shape index (κ3) is 4.10. The van der Waals surface area contributed by atoms with Gasteiger partial charge in [-0.25, -0.2) is 5.01 Å². The molecule has 0 unspecified atom stereocenters. The minimum atomic E-state index is -0.00827. The predicted octanol–water partition coefficient (Wildman–Crippen LogP) is 5.29. The van der Waals surface area contributed by atoms with E-state index in [4.69, 9.17) is 9.84 Å². The summed E-state index contributed by atoms with van der Waals surface area (Å²) in [6.45, 7) is 0. The Morgan fingerprint density at radius 1 is 1.19 bits per heavy atom. The predicted molar refractivity (Wildman–Crippen MR) is 113 cm³/mol. The highest BCUT2D eigenvalue weighted by Crippen LogP contribution is 2.36. The largest absolute Gasteiger partial charge is 0.497 e. The molecule has 138 valence electrons. The molecule has 4 nitrogen and oxygen atoms in total. The van der Waals surface area contributed by atoms with Crippen LogP contribution in [0, 0.1) is 0 Å². The summed E-state index contributed by atoms with van der Waals surface area (Å²) < 4.78 is 5.18. The molecule has 0 saturated heterocycles. The van der Waals surface area contributed by atoms with Gasteiger partial charge in [0.05, 0.1) is 29.5 Å². The van der Waals surface area contributed by atoms with Gasteiger partial charge in [-0.1, -0.05) is 12.1 Å². The summed E-state index contributed by atoms with van der Waals surface area (Å²) in [5, 5.41) is 10.5. The van der Waals surface area contributed by atoms with Gasteiger partial charge >= 0.3 is 0 Å². The van der Waals surface area contributed by atoms with Gasteiger partial charge < -0.3 is 4.74 Å². The van der Waals surface area contributed by atoms with Crippen LogP contribution < -0.4 is 4.74 Å². The van der Waals surface area contributed by atoms with Crippen molar-refractivity contribution in [3.05, 3.63) is 69.0 Å². The molecule has 1 aliphatic heterocycles. The fourth-order valence-electron chi connectivity index (χ4n) is 2.92. The standard InChI is InChI=1S/C20H18N2O2S3/c1-24-14-6-8-15(9-7-14)27-13-20(23)22-17(19-5-3-11-26-19)12-16(21-22)18-4-2-10-25-18/h2-11,17H,12-13H2,1H3/t17-/m1/s1. The molecule has 1 amide bonds. The number of thioether (sulfide) groups is 1. The van der Waals surface area contributed by atoms with Gasteiger partial charge in [0.15, 0.2) is 0 Å². The quantitative estimate of drug-likeness (QED) is 0.515. The normalized spacial score (nSPS) is 16.4. The molecule has 7 heteroatoms. The fraction of sp³-hybridized carbons (Fsp3) is 0.200. The Morgan fingerprint density at radius 3 is 2.63 bits per heavy atom. The molecule has 0 N–H and O–H groups in total. The third-order valence-electron chi connectivity index (χ3n) is 4.26. The molecule has 3 aromatic rings. The lowest BCUT2D eigenvalue weighted by molar-refractivity contribution is -0.130. The van der Waals surface area contributed by atoms with E-state index >= 15 is 0 Å². The van der Waals surface area contributed by atoms with Crippen molar-refractivity contribution < 1.29 is 9.53 Å². The average molecular weight is 415 g/mol. The Balaban J connectivity index is 1.49. The highest BCUT2D eigenvalue weighted by atomic mass is 32.2. The van der Waals surface area contributed by atoms with Crippen LogP contribution in [0.3, 0.4) is 0 Å². The maximum atomic E-state index is 12.9. The molecule has 3 heterocycles. The zero-order valence-electron chi connectivity index (χ0n) is 14.7. The van der Waals surface area contributed by atoms with Crippen LogP contribution in [0.2, 0.25) is 0 Å². The summed E-state index contributed by atoms with van der Waals surface area (Å²) in [6.07, 6.45) is 0.764. The summed E-state index contributed by atoms with van der Waals surface area (Å²) in [6, 6.07) is 15.9. The van der Waals surface area contributed by atoms with Crippen molar-refractivity contribution >= 4 is 46.1 Å². The van der Waals surface area contributed by atoms with Crippen molar-refractivity contribution in [2.24, 2.45) is 5.10 Å². The Hall–Kier alpha value is -2.09. The average Bonchev–Trinajstić information content (AvgIpc) is 3.46. The fourth-order valence-corrected chi connectivity index (χ4v) is 5.20. The molecule has 0 bridgehead atoms. The number of hydrogen-bond donors (Lipinski definition) is 0.